The van der Waals surface area contributed by atoms with Gasteiger partial charge < -0.3 is 13.9 Å². The molecule has 0 fully saturated rings. The van der Waals surface area contributed by atoms with Gasteiger partial charge in [0.25, 0.3) is 11.8 Å². The Morgan fingerprint density at radius 2 is 1.93 bits per heavy atom. The number of furan rings is 1. The van der Waals surface area contributed by atoms with Crippen LogP contribution in [0.4, 0.5) is 0 Å². The van der Waals surface area contributed by atoms with Crippen LogP contribution in [0, 0.1) is 0 Å². The van der Waals surface area contributed by atoms with Crippen molar-refractivity contribution in [2.24, 2.45) is 0 Å². The second kappa shape index (κ2) is 9.61. The van der Waals surface area contributed by atoms with Gasteiger partial charge >= 0.3 is 0 Å². The van der Waals surface area contributed by atoms with Crippen LogP contribution >= 0.6 is 11.8 Å². The van der Waals surface area contributed by atoms with Gasteiger partial charge in [-0.25, -0.2) is 0 Å². The quantitative estimate of drug-likeness (QED) is 0.446. The van der Waals surface area contributed by atoms with Gasteiger partial charge in [-0.2, -0.15) is 0 Å². The maximum absolute atomic E-state index is 13.1. The Morgan fingerprint density at radius 1 is 1.11 bits per heavy atom. The largest absolute Gasteiger partial charge is 0.496 e. The van der Waals surface area contributed by atoms with Crippen LogP contribution in [0.25, 0.3) is 5.57 Å². The molecule has 2 heterocycles. The number of thioether (sulfide) groups is 1. The second-order valence-corrected chi connectivity index (χ2v) is 7.07. The molecule has 1 aliphatic heterocycles. The molecule has 7 heteroatoms. The first kappa shape index (κ1) is 20.2. The molecular weight excluding hydrogens is 378 g/mol. The lowest BCUT2D eigenvalue weighted by atomic mass is 10.1. The molecule has 1 aromatic carbocycles. The lowest BCUT2D eigenvalue weighted by Gasteiger charge is -2.15. The summed E-state index contributed by atoms with van der Waals surface area (Å²) in [5, 5.41) is 0. The SMILES string of the molecule is CCOCCCN1C(=O)C(SCc2ccco2)=C(c2ccccc2OC)C1=O. The van der Waals surface area contributed by atoms with Gasteiger partial charge in [-0.05, 0) is 31.5 Å². The van der Waals surface area contributed by atoms with E-state index in [0.717, 1.165) is 5.76 Å². The van der Waals surface area contributed by atoms with E-state index < -0.39 is 0 Å². The third kappa shape index (κ3) is 4.31. The first-order valence-electron chi connectivity index (χ1n) is 9.14. The summed E-state index contributed by atoms with van der Waals surface area (Å²) in [7, 11) is 1.55. The molecule has 0 saturated heterocycles. The average Bonchev–Trinajstić information content (AvgIpc) is 3.31. The van der Waals surface area contributed by atoms with E-state index in [-0.39, 0.29) is 11.8 Å². The molecule has 148 valence electrons. The number of rotatable bonds is 10. The van der Waals surface area contributed by atoms with Gasteiger partial charge in [0.15, 0.2) is 0 Å². The molecule has 0 unspecified atom stereocenters. The van der Waals surface area contributed by atoms with E-state index in [9.17, 15) is 9.59 Å². The summed E-state index contributed by atoms with van der Waals surface area (Å²) in [5.41, 5.74) is 1.01. The number of imide groups is 1. The minimum absolute atomic E-state index is 0.279. The summed E-state index contributed by atoms with van der Waals surface area (Å²) in [6, 6.07) is 10.9. The monoisotopic (exact) mass is 401 g/mol. The van der Waals surface area contributed by atoms with Crippen molar-refractivity contribution < 1.29 is 23.5 Å². The molecular formula is C21H23NO5S. The lowest BCUT2D eigenvalue weighted by Crippen LogP contribution is -2.33. The third-order valence-electron chi connectivity index (χ3n) is 4.32. The maximum Gasteiger partial charge on any atom is 0.267 e. The number of nitrogens with zero attached hydrogens (tertiary/aromatic N) is 1. The Morgan fingerprint density at radius 3 is 2.64 bits per heavy atom. The normalized spacial score (nSPS) is 14.3. The van der Waals surface area contributed by atoms with Gasteiger partial charge in [-0.15, -0.1) is 11.8 Å². The van der Waals surface area contributed by atoms with Crippen molar-refractivity contribution in [2.75, 3.05) is 26.9 Å². The van der Waals surface area contributed by atoms with Crippen molar-refractivity contribution in [3.05, 3.63) is 58.9 Å². The van der Waals surface area contributed by atoms with E-state index >= 15 is 0 Å². The van der Waals surface area contributed by atoms with Crippen molar-refractivity contribution in [1.29, 1.82) is 0 Å². The number of para-hydroxylation sites is 1. The van der Waals surface area contributed by atoms with Crippen molar-refractivity contribution in [1.82, 2.24) is 4.90 Å². The number of carbonyl (C=O) groups excluding carboxylic acids is 2. The predicted octanol–water partition coefficient (Wildman–Crippen LogP) is 3.73. The van der Waals surface area contributed by atoms with Crippen LogP contribution in [-0.4, -0.2) is 43.6 Å². The second-order valence-electron chi connectivity index (χ2n) is 6.08. The van der Waals surface area contributed by atoms with Crippen LogP contribution in [0.2, 0.25) is 0 Å². The topological polar surface area (TPSA) is 69.0 Å². The van der Waals surface area contributed by atoms with E-state index in [2.05, 4.69) is 0 Å². The smallest absolute Gasteiger partial charge is 0.267 e. The van der Waals surface area contributed by atoms with E-state index in [0.29, 0.717) is 53.7 Å². The summed E-state index contributed by atoms with van der Waals surface area (Å²) in [6.07, 6.45) is 2.19. The van der Waals surface area contributed by atoms with Crippen LogP contribution in [0.3, 0.4) is 0 Å². The summed E-state index contributed by atoms with van der Waals surface area (Å²) >= 11 is 1.31. The molecule has 2 aromatic rings. The fourth-order valence-corrected chi connectivity index (χ4v) is 4.01. The standard InChI is InChI=1S/C21H23NO5S/c1-3-26-12-7-11-22-20(23)18(16-9-4-5-10-17(16)25-2)19(21(22)24)28-14-15-8-6-13-27-15/h4-6,8-10,13H,3,7,11-12,14H2,1-2H3. The van der Waals surface area contributed by atoms with Gasteiger partial charge in [0, 0.05) is 25.3 Å². The Hall–Kier alpha value is -2.51. The molecule has 6 nitrogen and oxygen atoms in total. The molecule has 0 N–H and O–H groups in total. The minimum Gasteiger partial charge on any atom is -0.496 e. The summed E-state index contributed by atoms with van der Waals surface area (Å²) in [5.74, 6) is 1.19. The molecule has 0 saturated carbocycles. The molecule has 0 spiro atoms. The van der Waals surface area contributed by atoms with Crippen LogP contribution < -0.4 is 4.74 Å². The maximum atomic E-state index is 13.1. The van der Waals surface area contributed by atoms with Gasteiger partial charge in [0.05, 0.1) is 29.6 Å². The van der Waals surface area contributed by atoms with Gasteiger partial charge in [0.2, 0.25) is 0 Å². The molecule has 28 heavy (non-hydrogen) atoms. The van der Waals surface area contributed by atoms with Crippen LogP contribution in [-0.2, 0) is 20.1 Å². The highest BCUT2D eigenvalue weighted by atomic mass is 32.2. The average molecular weight is 401 g/mol. The first-order valence-corrected chi connectivity index (χ1v) is 10.1. The Labute approximate surface area is 168 Å². The number of methoxy groups -OCH3 is 1. The Bertz CT molecular complexity index is 859. The van der Waals surface area contributed by atoms with Crippen LogP contribution in [0.15, 0.2) is 52.0 Å². The lowest BCUT2D eigenvalue weighted by molar-refractivity contribution is -0.136. The zero-order valence-electron chi connectivity index (χ0n) is 16.0. The Kier molecular flexibility index (Phi) is 6.95. The number of hydrogen-bond acceptors (Lipinski definition) is 6. The number of amides is 2. The van der Waals surface area contributed by atoms with E-state index in [4.69, 9.17) is 13.9 Å². The van der Waals surface area contributed by atoms with E-state index in [1.165, 1.54) is 16.7 Å². The summed E-state index contributed by atoms with van der Waals surface area (Å²) in [6.45, 7) is 3.35. The molecule has 0 aliphatic carbocycles. The van der Waals surface area contributed by atoms with Crippen molar-refractivity contribution >= 4 is 29.1 Å². The number of ether oxygens (including phenoxy) is 2. The van der Waals surface area contributed by atoms with E-state index in [1.807, 2.05) is 25.1 Å². The first-order chi connectivity index (χ1) is 13.7. The van der Waals surface area contributed by atoms with Gasteiger partial charge in [-0.3, -0.25) is 14.5 Å². The molecule has 1 aromatic heterocycles. The minimum atomic E-state index is -0.298. The fraction of sp³-hybridized carbons (Fsp3) is 0.333. The van der Waals surface area contributed by atoms with Crippen molar-refractivity contribution in [2.45, 2.75) is 19.1 Å². The number of benzene rings is 1. The van der Waals surface area contributed by atoms with Crippen molar-refractivity contribution in [3.63, 3.8) is 0 Å². The highest BCUT2D eigenvalue weighted by molar-refractivity contribution is 8.03. The predicted molar refractivity (Wildman–Crippen MR) is 108 cm³/mol. The molecule has 1 aliphatic rings. The highest BCUT2D eigenvalue weighted by Crippen LogP contribution is 2.40. The number of carbonyl (C=O) groups is 2. The zero-order chi connectivity index (χ0) is 19.9. The summed E-state index contributed by atoms with van der Waals surface area (Å²) in [4.78, 5) is 27.9. The molecule has 2 amide bonds. The Balaban J connectivity index is 1.90. The highest BCUT2D eigenvalue weighted by Gasteiger charge is 2.39. The van der Waals surface area contributed by atoms with Gasteiger partial charge in [0.1, 0.15) is 11.5 Å². The number of hydrogen-bond donors (Lipinski definition) is 0. The fourth-order valence-electron chi connectivity index (χ4n) is 2.99. The third-order valence-corrected chi connectivity index (χ3v) is 5.41. The zero-order valence-corrected chi connectivity index (χ0v) is 16.8. The molecule has 0 bridgehead atoms. The van der Waals surface area contributed by atoms with Crippen LogP contribution in [0.1, 0.15) is 24.7 Å². The van der Waals surface area contributed by atoms with E-state index in [1.54, 1.807) is 31.6 Å². The van der Waals surface area contributed by atoms with Crippen molar-refractivity contribution in [3.8, 4) is 5.75 Å². The van der Waals surface area contributed by atoms with Gasteiger partial charge in [-0.1, -0.05) is 18.2 Å². The van der Waals surface area contributed by atoms with Crippen LogP contribution in [0.5, 0.6) is 5.75 Å². The summed E-state index contributed by atoms with van der Waals surface area (Å²) < 4.78 is 16.1. The molecule has 0 atom stereocenters. The molecule has 0 radical (unpaired) electrons. The molecule has 3 rings (SSSR count).